The maximum atomic E-state index is 3.36. The lowest BCUT2D eigenvalue weighted by molar-refractivity contribution is 0.496. The van der Waals surface area contributed by atoms with E-state index in [9.17, 15) is 0 Å². The van der Waals surface area contributed by atoms with Gasteiger partial charge in [0.25, 0.3) is 0 Å². The van der Waals surface area contributed by atoms with Crippen LogP contribution in [0.2, 0.25) is 0 Å². The quantitative estimate of drug-likeness (QED) is 0.666. The topological polar surface area (TPSA) is 12.0 Å². The van der Waals surface area contributed by atoms with Gasteiger partial charge in [-0.15, -0.1) is 0 Å². The lowest BCUT2D eigenvalue weighted by Gasteiger charge is -2.24. The minimum Gasteiger partial charge on any atom is -0.313 e. The van der Waals surface area contributed by atoms with Gasteiger partial charge in [-0.25, -0.2) is 0 Å². The summed E-state index contributed by atoms with van der Waals surface area (Å²) in [5, 5.41) is 3.36. The summed E-state index contributed by atoms with van der Waals surface area (Å²) in [4.78, 5) is 0. The molecule has 0 heterocycles. The van der Waals surface area contributed by atoms with Gasteiger partial charge < -0.3 is 5.32 Å². The van der Waals surface area contributed by atoms with Crippen molar-refractivity contribution in [3.8, 4) is 0 Å². The second kappa shape index (κ2) is 3.28. The first-order valence-electron chi connectivity index (χ1n) is 4.67. The second-order valence-electron chi connectivity index (χ2n) is 3.43. The summed E-state index contributed by atoms with van der Waals surface area (Å²) in [5.74, 6) is 0. The molecule has 1 atom stereocenters. The summed E-state index contributed by atoms with van der Waals surface area (Å²) in [5.41, 5.74) is 3.04. The Morgan fingerprint density at radius 1 is 1.33 bits per heavy atom. The van der Waals surface area contributed by atoms with Crippen molar-refractivity contribution in [2.24, 2.45) is 0 Å². The van der Waals surface area contributed by atoms with Crippen LogP contribution in [0.1, 0.15) is 30.0 Å². The van der Waals surface area contributed by atoms with Gasteiger partial charge in [0.2, 0.25) is 0 Å². The lowest BCUT2D eigenvalue weighted by atomic mass is 9.88. The van der Waals surface area contributed by atoms with Crippen LogP contribution in [0.5, 0.6) is 0 Å². The minimum atomic E-state index is 0.593. The Balaban J connectivity index is 2.37. The molecule has 12 heavy (non-hydrogen) atoms. The van der Waals surface area contributed by atoms with Crippen LogP contribution in [0, 0.1) is 0 Å². The first-order valence-corrected chi connectivity index (χ1v) is 4.67. The van der Waals surface area contributed by atoms with E-state index < -0.39 is 0 Å². The number of hydrogen-bond donors (Lipinski definition) is 1. The van der Waals surface area contributed by atoms with Crippen LogP contribution in [0.4, 0.5) is 0 Å². The van der Waals surface area contributed by atoms with Gasteiger partial charge in [0.1, 0.15) is 0 Å². The molecular formula is C11H15N. The molecule has 0 saturated carbocycles. The number of hydrogen-bond acceptors (Lipinski definition) is 1. The fourth-order valence-electron chi connectivity index (χ4n) is 2.05. The molecule has 2 rings (SSSR count). The summed E-state index contributed by atoms with van der Waals surface area (Å²) in [7, 11) is 2.05. The molecule has 1 aliphatic carbocycles. The highest BCUT2D eigenvalue weighted by Gasteiger charge is 2.16. The van der Waals surface area contributed by atoms with Gasteiger partial charge >= 0.3 is 0 Å². The lowest BCUT2D eigenvalue weighted by Crippen LogP contribution is -2.21. The summed E-state index contributed by atoms with van der Waals surface area (Å²) in [6.07, 6.45) is 3.87. The van der Waals surface area contributed by atoms with Gasteiger partial charge in [0.05, 0.1) is 0 Å². The molecule has 1 nitrogen and oxygen atoms in total. The maximum Gasteiger partial charge on any atom is 0.0320 e. The van der Waals surface area contributed by atoms with E-state index in [2.05, 4.69) is 29.6 Å². The predicted molar refractivity (Wildman–Crippen MR) is 51.2 cm³/mol. The highest BCUT2D eigenvalue weighted by Crippen LogP contribution is 2.28. The number of rotatable bonds is 1. The zero-order chi connectivity index (χ0) is 8.39. The van der Waals surface area contributed by atoms with Crippen molar-refractivity contribution in [1.82, 2.24) is 5.32 Å². The SMILES string of the molecule is CN[C@@H]1CCCc2ccccc21. The molecule has 0 radical (unpaired) electrons. The Bertz CT molecular complexity index is 267. The molecule has 0 amide bonds. The zero-order valence-electron chi connectivity index (χ0n) is 7.51. The zero-order valence-corrected chi connectivity index (χ0v) is 7.51. The summed E-state index contributed by atoms with van der Waals surface area (Å²) >= 11 is 0. The van der Waals surface area contributed by atoms with E-state index in [-0.39, 0.29) is 0 Å². The van der Waals surface area contributed by atoms with Gasteiger partial charge in [-0.05, 0) is 37.4 Å². The molecule has 1 heteroatoms. The number of nitrogens with one attached hydrogen (secondary N) is 1. The highest BCUT2D eigenvalue weighted by molar-refractivity contribution is 5.31. The van der Waals surface area contributed by atoms with E-state index in [1.807, 2.05) is 7.05 Å². The van der Waals surface area contributed by atoms with E-state index in [0.717, 1.165) is 0 Å². The smallest absolute Gasteiger partial charge is 0.0320 e. The van der Waals surface area contributed by atoms with E-state index in [4.69, 9.17) is 0 Å². The first-order chi connectivity index (χ1) is 5.92. The number of benzene rings is 1. The Labute approximate surface area is 73.8 Å². The van der Waals surface area contributed by atoms with Crippen molar-refractivity contribution in [1.29, 1.82) is 0 Å². The van der Waals surface area contributed by atoms with Crippen molar-refractivity contribution < 1.29 is 0 Å². The van der Waals surface area contributed by atoms with Crippen LogP contribution in [0.25, 0.3) is 0 Å². The van der Waals surface area contributed by atoms with Crippen LogP contribution in [0.15, 0.2) is 24.3 Å². The van der Waals surface area contributed by atoms with Gasteiger partial charge in [0, 0.05) is 6.04 Å². The molecule has 1 aliphatic rings. The van der Waals surface area contributed by atoms with E-state index in [0.29, 0.717) is 6.04 Å². The van der Waals surface area contributed by atoms with Crippen LogP contribution in [-0.4, -0.2) is 7.05 Å². The molecule has 1 N–H and O–H groups in total. The molecule has 1 aromatic carbocycles. The molecular weight excluding hydrogens is 146 g/mol. The Kier molecular flexibility index (Phi) is 2.13. The fraction of sp³-hybridized carbons (Fsp3) is 0.455. The van der Waals surface area contributed by atoms with Gasteiger partial charge in [0.15, 0.2) is 0 Å². The highest BCUT2D eigenvalue weighted by atomic mass is 14.9. The first kappa shape index (κ1) is 7.81. The third-order valence-electron chi connectivity index (χ3n) is 2.72. The molecule has 0 unspecified atom stereocenters. The third-order valence-corrected chi connectivity index (χ3v) is 2.72. The van der Waals surface area contributed by atoms with E-state index >= 15 is 0 Å². The summed E-state index contributed by atoms with van der Waals surface area (Å²) < 4.78 is 0. The van der Waals surface area contributed by atoms with Gasteiger partial charge in [-0.3, -0.25) is 0 Å². The third kappa shape index (κ3) is 1.25. The fourth-order valence-corrected chi connectivity index (χ4v) is 2.05. The monoisotopic (exact) mass is 161 g/mol. The van der Waals surface area contributed by atoms with E-state index in [1.165, 1.54) is 30.4 Å². The predicted octanol–water partition coefficient (Wildman–Crippen LogP) is 2.28. The second-order valence-corrected chi connectivity index (χ2v) is 3.43. The Morgan fingerprint density at radius 3 is 3.00 bits per heavy atom. The van der Waals surface area contributed by atoms with Crippen molar-refractivity contribution in [2.75, 3.05) is 7.05 Å². The Hall–Kier alpha value is -0.820. The molecule has 0 aliphatic heterocycles. The van der Waals surface area contributed by atoms with Crippen LogP contribution >= 0.6 is 0 Å². The normalized spacial score (nSPS) is 21.9. The van der Waals surface area contributed by atoms with Crippen molar-refractivity contribution >= 4 is 0 Å². The minimum absolute atomic E-state index is 0.593. The van der Waals surface area contributed by atoms with Crippen molar-refractivity contribution in [3.63, 3.8) is 0 Å². The number of fused-ring (bicyclic) bond motifs is 1. The number of aryl methyl sites for hydroxylation is 1. The Morgan fingerprint density at radius 2 is 2.17 bits per heavy atom. The standard InChI is InChI=1S/C11H15N/c1-12-11-8-4-6-9-5-2-3-7-10(9)11/h2-3,5,7,11-12H,4,6,8H2,1H3/t11-/m1/s1. The van der Waals surface area contributed by atoms with Gasteiger partial charge in [-0.1, -0.05) is 24.3 Å². The van der Waals surface area contributed by atoms with E-state index in [1.54, 1.807) is 0 Å². The summed E-state index contributed by atoms with van der Waals surface area (Å²) in [6, 6.07) is 9.36. The molecule has 0 spiro atoms. The average Bonchev–Trinajstić information content (AvgIpc) is 2.17. The van der Waals surface area contributed by atoms with Crippen LogP contribution < -0.4 is 5.32 Å². The maximum absolute atomic E-state index is 3.36. The molecule has 0 bridgehead atoms. The molecule has 0 fully saturated rings. The molecule has 64 valence electrons. The van der Waals surface area contributed by atoms with Crippen molar-refractivity contribution in [2.45, 2.75) is 25.3 Å². The molecule has 1 aromatic rings. The van der Waals surface area contributed by atoms with Crippen molar-refractivity contribution in [3.05, 3.63) is 35.4 Å². The average molecular weight is 161 g/mol. The van der Waals surface area contributed by atoms with Crippen LogP contribution in [-0.2, 0) is 6.42 Å². The largest absolute Gasteiger partial charge is 0.313 e. The van der Waals surface area contributed by atoms with Crippen LogP contribution in [0.3, 0.4) is 0 Å². The molecule has 0 aromatic heterocycles. The molecule has 0 saturated heterocycles. The van der Waals surface area contributed by atoms with Gasteiger partial charge in [-0.2, -0.15) is 0 Å². The summed E-state index contributed by atoms with van der Waals surface area (Å²) in [6.45, 7) is 0.